The van der Waals surface area contributed by atoms with Crippen molar-refractivity contribution in [3.8, 4) is 0 Å². The van der Waals surface area contributed by atoms with Crippen molar-refractivity contribution in [1.82, 2.24) is 0 Å². The van der Waals surface area contributed by atoms with Crippen LogP contribution >= 0.6 is 0 Å². The van der Waals surface area contributed by atoms with Gasteiger partial charge in [-0.2, -0.15) is 0 Å². The number of ether oxygens (including phenoxy) is 9. The highest BCUT2D eigenvalue weighted by molar-refractivity contribution is 4.98. The normalized spacial score (nSPS) is 51.2. The molecule has 4 saturated heterocycles. The number of hydrogen-bond donors (Lipinski definition) is 12. The SMILES string of the molecule is CO[C@@H]1OC(CO)[C@@H](O[C@@H]2OC(CO)[C@@H](O[C@@H]3OC(CO)[C@@H](O[C@@H]4OC(CO)[C@@H](OC)C(O)C4O)C(O)C3O)C(O)C2O)C(O)C1O. The Labute approximate surface area is 267 Å². The van der Waals surface area contributed by atoms with Crippen molar-refractivity contribution in [1.29, 1.82) is 0 Å². The largest absolute Gasteiger partial charge is 0.394 e. The molecular formula is C26H46O21. The molecule has 12 N–H and O–H groups in total. The van der Waals surface area contributed by atoms with Crippen LogP contribution in [0.4, 0.5) is 0 Å². The van der Waals surface area contributed by atoms with Gasteiger partial charge >= 0.3 is 0 Å². The third-order valence-corrected chi connectivity index (χ3v) is 8.66. The lowest BCUT2D eigenvalue weighted by atomic mass is 9.95. The molecule has 0 aromatic rings. The Morgan fingerprint density at radius 1 is 0.362 bits per heavy atom. The fraction of sp³-hybridized carbons (Fsp3) is 1.00. The van der Waals surface area contributed by atoms with Gasteiger partial charge in [-0.15, -0.1) is 0 Å². The topological polar surface area (TPSA) is 326 Å². The predicted molar refractivity (Wildman–Crippen MR) is 143 cm³/mol. The van der Waals surface area contributed by atoms with Gasteiger partial charge < -0.3 is 104 Å². The van der Waals surface area contributed by atoms with E-state index in [2.05, 4.69) is 0 Å². The number of aliphatic hydroxyl groups excluding tert-OH is 12. The molecule has 20 atom stereocenters. The van der Waals surface area contributed by atoms with Crippen molar-refractivity contribution in [2.45, 2.75) is 123 Å². The van der Waals surface area contributed by atoms with Gasteiger partial charge in [-0.1, -0.05) is 0 Å². The standard InChI is InChI=1S/C26H46O21/c1-39-19-7(3-27)42-24(16(36)11(19)31)46-21-9(5-29)44-26(18(38)13(21)33)47-22-10(6-30)43-25(17(37)14(22)34)45-20-8(4-28)41-23(40-2)15(35)12(20)32/h7-38H,3-6H2,1-2H3/t7?,8?,9?,10?,11?,12?,13?,14?,15?,16?,17?,18?,19-,20-,21-,22-,23-,24+,25+,26+/m1/s1. The first-order valence-electron chi connectivity index (χ1n) is 14.9. The van der Waals surface area contributed by atoms with Gasteiger partial charge in [0.25, 0.3) is 0 Å². The van der Waals surface area contributed by atoms with Crippen LogP contribution in [0, 0.1) is 0 Å². The summed E-state index contributed by atoms with van der Waals surface area (Å²) < 4.78 is 48.7. The van der Waals surface area contributed by atoms with E-state index in [9.17, 15) is 61.3 Å². The van der Waals surface area contributed by atoms with Crippen molar-refractivity contribution >= 4 is 0 Å². The molecule has 0 aromatic heterocycles. The minimum Gasteiger partial charge on any atom is -0.394 e. The lowest BCUT2D eigenvalue weighted by Gasteiger charge is -2.49. The van der Waals surface area contributed by atoms with Gasteiger partial charge in [-0.05, 0) is 0 Å². The number of methoxy groups -OCH3 is 2. The van der Waals surface area contributed by atoms with E-state index in [4.69, 9.17) is 42.6 Å². The Balaban J connectivity index is 1.43. The molecule has 0 amide bonds. The zero-order valence-electron chi connectivity index (χ0n) is 25.4. The van der Waals surface area contributed by atoms with Crippen LogP contribution in [0.3, 0.4) is 0 Å². The summed E-state index contributed by atoms with van der Waals surface area (Å²) in [4.78, 5) is 0. The van der Waals surface area contributed by atoms with Crippen LogP contribution in [-0.2, 0) is 42.6 Å². The van der Waals surface area contributed by atoms with E-state index in [1.807, 2.05) is 0 Å². The van der Waals surface area contributed by atoms with Gasteiger partial charge in [0, 0.05) is 14.2 Å². The number of rotatable bonds is 12. The molecular weight excluding hydrogens is 648 g/mol. The maximum atomic E-state index is 10.9. The smallest absolute Gasteiger partial charge is 0.187 e. The molecule has 4 rings (SSSR count). The first-order valence-corrected chi connectivity index (χ1v) is 14.9. The minimum atomic E-state index is -1.98. The molecule has 4 aliphatic rings. The van der Waals surface area contributed by atoms with Crippen LogP contribution in [-0.4, -0.2) is 225 Å². The molecule has 21 heteroatoms. The summed E-state index contributed by atoms with van der Waals surface area (Å²) >= 11 is 0. The molecule has 21 nitrogen and oxygen atoms in total. The first kappa shape index (κ1) is 39.0. The first-order chi connectivity index (χ1) is 22.4. The van der Waals surface area contributed by atoms with Crippen LogP contribution < -0.4 is 0 Å². The van der Waals surface area contributed by atoms with E-state index < -0.39 is 149 Å². The van der Waals surface area contributed by atoms with Crippen LogP contribution in [0.25, 0.3) is 0 Å². The summed E-state index contributed by atoms with van der Waals surface area (Å²) in [5.41, 5.74) is 0. The minimum absolute atomic E-state index is 0.642. The zero-order chi connectivity index (χ0) is 34.7. The highest BCUT2D eigenvalue weighted by atomic mass is 16.8. The Bertz CT molecular complexity index is 942. The zero-order valence-corrected chi connectivity index (χ0v) is 25.4. The second kappa shape index (κ2) is 16.9. The summed E-state index contributed by atoms with van der Waals surface area (Å²) in [7, 11) is 2.41. The molecule has 0 bridgehead atoms. The van der Waals surface area contributed by atoms with Crippen LogP contribution in [0.15, 0.2) is 0 Å². The second-order valence-corrected chi connectivity index (χ2v) is 11.6. The van der Waals surface area contributed by atoms with E-state index in [0.717, 1.165) is 0 Å². The second-order valence-electron chi connectivity index (χ2n) is 11.6. The Morgan fingerprint density at radius 3 is 0.894 bits per heavy atom. The fourth-order valence-electron chi connectivity index (χ4n) is 6.00. The number of hydrogen-bond acceptors (Lipinski definition) is 21. The van der Waals surface area contributed by atoms with Crippen molar-refractivity contribution in [3.63, 3.8) is 0 Å². The number of aliphatic hydroxyl groups is 12. The van der Waals surface area contributed by atoms with Gasteiger partial charge in [-0.3, -0.25) is 0 Å². The molecule has 0 radical (unpaired) electrons. The lowest BCUT2D eigenvalue weighted by molar-refractivity contribution is -0.388. The molecule has 0 aromatic carbocycles. The van der Waals surface area contributed by atoms with Gasteiger partial charge in [0.2, 0.25) is 0 Å². The third kappa shape index (κ3) is 7.90. The monoisotopic (exact) mass is 694 g/mol. The fourth-order valence-corrected chi connectivity index (χ4v) is 6.00. The van der Waals surface area contributed by atoms with E-state index >= 15 is 0 Å². The molecule has 4 fully saturated rings. The van der Waals surface area contributed by atoms with Crippen molar-refractivity contribution in [3.05, 3.63) is 0 Å². The highest BCUT2D eigenvalue weighted by Gasteiger charge is 2.55. The molecule has 4 heterocycles. The molecule has 12 unspecified atom stereocenters. The maximum absolute atomic E-state index is 10.9. The third-order valence-electron chi connectivity index (χ3n) is 8.66. The summed E-state index contributed by atoms with van der Waals surface area (Å²) in [6.07, 6.45) is -32.5. The van der Waals surface area contributed by atoms with Gasteiger partial charge in [-0.25, -0.2) is 0 Å². The quantitative estimate of drug-likeness (QED) is 0.0902. The highest BCUT2D eigenvalue weighted by Crippen LogP contribution is 2.34. The lowest BCUT2D eigenvalue weighted by Crippen LogP contribution is -2.67. The Hall–Kier alpha value is -0.840. The van der Waals surface area contributed by atoms with Crippen LogP contribution in [0.5, 0.6) is 0 Å². The Kier molecular flexibility index (Phi) is 14.0. The van der Waals surface area contributed by atoms with E-state index in [1.165, 1.54) is 14.2 Å². The summed E-state index contributed by atoms with van der Waals surface area (Å²) in [5.74, 6) is 0. The summed E-state index contributed by atoms with van der Waals surface area (Å²) in [6.45, 7) is -3.09. The van der Waals surface area contributed by atoms with E-state index in [0.29, 0.717) is 0 Å². The average molecular weight is 695 g/mol. The Morgan fingerprint density at radius 2 is 0.617 bits per heavy atom. The van der Waals surface area contributed by atoms with Crippen LogP contribution in [0.2, 0.25) is 0 Å². The maximum Gasteiger partial charge on any atom is 0.187 e. The van der Waals surface area contributed by atoms with Crippen molar-refractivity contribution < 1.29 is 104 Å². The average Bonchev–Trinajstić information content (AvgIpc) is 3.07. The molecule has 47 heavy (non-hydrogen) atoms. The molecule has 0 aliphatic carbocycles. The van der Waals surface area contributed by atoms with E-state index in [1.54, 1.807) is 0 Å². The summed E-state index contributed by atoms with van der Waals surface area (Å²) in [5, 5.41) is 125. The molecule has 4 aliphatic heterocycles. The van der Waals surface area contributed by atoms with Gasteiger partial charge in [0.05, 0.1) is 26.4 Å². The van der Waals surface area contributed by atoms with Gasteiger partial charge in [0.15, 0.2) is 25.2 Å². The van der Waals surface area contributed by atoms with Crippen LogP contribution in [0.1, 0.15) is 0 Å². The van der Waals surface area contributed by atoms with E-state index in [-0.39, 0.29) is 0 Å². The summed E-state index contributed by atoms with van der Waals surface area (Å²) in [6, 6.07) is 0. The van der Waals surface area contributed by atoms with Crippen molar-refractivity contribution in [2.75, 3.05) is 40.6 Å². The molecule has 0 saturated carbocycles. The van der Waals surface area contributed by atoms with Gasteiger partial charge in [0.1, 0.15) is 97.7 Å². The predicted octanol–water partition coefficient (Wildman–Crippen LogP) is -8.44. The van der Waals surface area contributed by atoms with Crippen molar-refractivity contribution in [2.24, 2.45) is 0 Å². The molecule has 0 spiro atoms. The molecule has 276 valence electrons.